The quantitative estimate of drug-likeness (QED) is 0.732. The van der Waals surface area contributed by atoms with Gasteiger partial charge in [0.05, 0.1) is 7.11 Å². The lowest BCUT2D eigenvalue weighted by Crippen LogP contribution is -2.19. The highest BCUT2D eigenvalue weighted by atomic mass is 31.1. The van der Waals surface area contributed by atoms with Gasteiger partial charge < -0.3 is 9.47 Å². The molecule has 1 atom stereocenters. The van der Waals surface area contributed by atoms with E-state index in [9.17, 15) is 0 Å². The number of rotatable bonds is 2. The Bertz CT molecular complexity index is 701. The van der Waals surface area contributed by atoms with E-state index in [1.165, 1.54) is 22.0 Å². The molecular formula is C19H23O2P. The molecule has 0 unspecified atom stereocenters. The van der Waals surface area contributed by atoms with E-state index in [-0.39, 0.29) is 13.1 Å². The van der Waals surface area contributed by atoms with E-state index in [0.717, 1.165) is 17.8 Å². The summed E-state index contributed by atoms with van der Waals surface area (Å²) in [4.78, 5) is 0. The van der Waals surface area contributed by atoms with Crippen LogP contribution in [-0.4, -0.2) is 18.6 Å². The fourth-order valence-corrected chi connectivity index (χ4v) is 5.34. The molecule has 0 spiro atoms. The number of benzene rings is 2. The van der Waals surface area contributed by atoms with Crippen molar-refractivity contribution in [1.82, 2.24) is 0 Å². The van der Waals surface area contributed by atoms with Crippen molar-refractivity contribution in [3.8, 4) is 22.6 Å². The van der Waals surface area contributed by atoms with Gasteiger partial charge in [0, 0.05) is 10.9 Å². The first kappa shape index (κ1) is 15.4. The van der Waals surface area contributed by atoms with Crippen LogP contribution in [0.2, 0.25) is 0 Å². The second-order valence-corrected chi connectivity index (χ2v) is 9.58. The molecule has 3 heteroatoms. The summed E-state index contributed by atoms with van der Waals surface area (Å²) in [6.45, 7) is 9.07. The van der Waals surface area contributed by atoms with Gasteiger partial charge in [-0.25, -0.2) is 0 Å². The van der Waals surface area contributed by atoms with Gasteiger partial charge in [-0.1, -0.05) is 45.0 Å². The van der Waals surface area contributed by atoms with Crippen LogP contribution in [0.15, 0.2) is 36.4 Å². The molecule has 1 heterocycles. The van der Waals surface area contributed by atoms with Gasteiger partial charge in [-0.15, -0.1) is 0 Å². The van der Waals surface area contributed by atoms with Crippen LogP contribution in [0.3, 0.4) is 0 Å². The highest BCUT2D eigenvalue weighted by Crippen LogP contribution is 2.56. The van der Waals surface area contributed by atoms with Gasteiger partial charge in [-0.2, -0.15) is 0 Å². The van der Waals surface area contributed by atoms with Gasteiger partial charge in [0.15, 0.2) is 0 Å². The van der Waals surface area contributed by atoms with E-state index in [2.05, 4.69) is 52.0 Å². The second kappa shape index (κ2) is 5.59. The molecule has 0 radical (unpaired) electrons. The molecular weight excluding hydrogens is 291 g/mol. The van der Waals surface area contributed by atoms with Crippen LogP contribution < -0.4 is 14.8 Å². The van der Waals surface area contributed by atoms with Crippen molar-refractivity contribution in [2.24, 2.45) is 0 Å². The van der Waals surface area contributed by atoms with Gasteiger partial charge in [-0.05, 0) is 43.3 Å². The molecule has 2 aromatic carbocycles. The van der Waals surface area contributed by atoms with Crippen LogP contribution in [0.5, 0.6) is 11.5 Å². The van der Waals surface area contributed by atoms with Crippen molar-refractivity contribution >= 4 is 13.2 Å². The molecule has 3 rings (SSSR count). The summed E-state index contributed by atoms with van der Waals surface area (Å²) in [6, 6.07) is 12.6. The van der Waals surface area contributed by atoms with Crippen LogP contribution in [0.25, 0.3) is 11.1 Å². The van der Waals surface area contributed by atoms with Crippen molar-refractivity contribution < 1.29 is 9.47 Å². The summed E-state index contributed by atoms with van der Waals surface area (Å²) < 4.78 is 11.6. The number of ether oxygens (including phenoxy) is 2. The Morgan fingerprint density at radius 2 is 1.82 bits per heavy atom. The number of hydrogen-bond donors (Lipinski definition) is 0. The maximum absolute atomic E-state index is 6.00. The Hall–Kier alpha value is -1.53. The summed E-state index contributed by atoms with van der Waals surface area (Å²) >= 11 is 0. The first-order chi connectivity index (χ1) is 10.4. The molecule has 0 amide bonds. The fraction of sp³-hybridized carbons (Fsp3) is 0.368. The van der Waals surface area contributed by atoms with Crippen LogP contribution in [0.4, 0.5) is 0 Å². The average Bonchev–Trinajstić information content (AvgIpc) is 2.91. The van der Waals surface area contributed by atoms with Gasteiger partial charge in [0.1, 0.15) is 17.8 Å². The first-order valence-electron chi connectivity index (χ1n) is 7.61. The van der Waals surface area contributed by atoms with E-state index in [0.29, 0.717) is 0 Å². The van der Waals surface area contributed by atoms with Crippen molar-refractivity contribution in [3.05, 3.63) is 42.0 Å². The lowest BCUT2D eigenvalue weighted by molar-refractivity contribution is 0.400. The Labute approximate surface area is 134 Å². The molecule has 2 nitrogen and oxygen atoms in total. The monoisotopic (exact) mass is 314 g/mol. The standard InChI is InChI=1S/C19H23O2P/c1-13-8-6-10-15(20-5)17(13)14-9-7-11-16-18(14)22(12-21-16)19(2,3)4/h6-11H,12H2,1-5H3/t22-/m0/s1. The molecule has 22 heavy (non-hydrogen) atoms. The summed E-state index contributed by atoms with van der Waals surface area (Å²) in [7, 11) is 1.39. The Morgan fingerprint density at radius 3 is 2.50 bits per heavy atom. The van der Waals surface area contributed by atoms with E-state index in [1.807, 2.05) is 12.1 Å². The molecule has 0 N–H and O–H groups in total. The minimum Gasteiger partial charge on any atom is -0.496 e. The summed E-state index contributed by atoms with van der Waals surface area (Å²) in [5.41, 5.74) is 3.71. The molecule has 0 bridgehead atoms. The maximum Gasteiger partial charge on any atom is 0.128 e. The predicted octanol–water partition coefficient (Wildman–Crippen LogP) is 4.93. The Morgan fingerprint density at radius 1 is 1.09 bits per heavy atom. The highest BCUT2D eigenvalue weighted by molar-refractivity contribution is 7.67. The number of aryl methyl sites for hydroxylation is 1. The summed E-state index contributed by atoms with van der Waals surface area (Å²) in [6.07, 6.45) is 0.819. The lowest BCUT2D eigenvalue weighted by atomic mass is 9.99. The van der Waals surface area contributed by atoms with Crippen LogP contribution in [0.1, 0.15) is 26.3 Å². The predicted molar refractivity (Wildman–Crippen MR) is 95.0 cm³/mol. The molecule has 0 aromatic heterocycles. The minimum absolute atomic E-state index is 0.229. The highest BCUT2D eigenvalue weighted by Gasteiger charge is 2.36. The number of hydrogen-bond acceptors (Lipinski definition) is 2. The van der Waals surface area contributed by atoms with Gasteiger partial charge in [0.2, 0.25) is 0 Å². The van der Waals surface area contributed by atoms with E-state index in [1.54, 1.807) is 7.11 Å². The maximum atomic E-state index is 6.00. The molecule has 0 fully saturated rings. The normalized spacial score (nSPS) is 17.0. The third-order valence-corrected chi connectivity index (χ3v) is 7.16. The molecule has 2 aromatic rings. The van der Waals surface area contributed by atoms with Gasteiger partial charge in [0.25, 0.3) is 0 Å². The van der Waals surface area contributed by atoms with Crippen LogP contribution >= 0.6 is 7.92 Å². The van der Waals surface area contributed by atoms with Gasteiger partial charge >= 0.3 is 0 Å². The second-order valence-electron chi connectivity index (χ2n) is 6.68. The molecule has 116 valence electrons. The topological polar surface area (TPSA) is 18.5 Å². The smallest absolute Gasteiger partial charge is 0.128 e. The van der Waals surface area contributed by atoms with Crippen LogP contribution in [-0.2, 0) is 0 Å². The van der Waals surface area contributed by atoms with Crippen LogP contribution in [0, 0.1) is 6.92 Å². The SMILES string of the molecule is COc1cccc(C)c1-c1cccc2c1[P@@](C(C)(C)C)CO2. The molecule has 1 aliphatic heterocycles. The average molecular weight is 314 g/mol. The minimum atomic E-state index is -0.354. The summed E-state index contributed by atoms with van der Waals surface area (Å²) in [5, 5.41) is 1.62. The molecule has 0 saturated heterocycles. The number of fused-ring (bicyclic) bond motifs is 1. The van der Waals surface area contributed by atoms with Crippen molar-refractivity contribution in [1.29, 1.82) is 0 Å². The zero-order valence-corrected chi connectivity index (χ0v) is 14.8. The molecule has 0 saturated carbocycles. The number of methoxy groups -OCH3 is 1. The van der Waals surface area contributed by atoms with Crippen molar-refractivity contribution in [3.63, 3.8) is 0 Å². The van der Waals surface area contributed by atoms with E-state index < -0.39 is 0 Å². The Balaban J connectivity index is 2.25. The summed E-state index contributed by atoms with van der Waals surface area (Å²) in [5.74, 6) is 1.98. The molecule has 1 aliphatic rings. The van der Waals surface area contributed by atoms with Gasteiger partial charge in [-0.3, -0.25) is 0 Å². The zero-order valence-electron chi connectivity index (χ0n) is 13.9. The zero-order chi connectivity index (χ0) is 15.9. The largest absolute Gasteiger partial charge is 0.496 e. The van der Waals surface area contributed by atoms with E-state index >= 15 is 0 Å². The van der Waals surface area contributed by atoms with Crippen molar-refractivity contribution in [2.75, 3.05) is 13.5 Å². The van der Waals surface area contributed by atoms with Crippen molar-refractivity contribution in [2.45, 2.75) is 32.9 Å². The third-order valence-electron chi connectivity index (χ3n) is 4.15. The third kappa shape index (κ3) is 2.50. The first-order valence-corrected chi connectivity index (χ1v) is 9.13. The Kier molecular flexibility index (Phi) is 3.91. The lowest BCUT2D eigenvalue weighted by Gasteiger charge is -2.28. The molecule has 0 aliphatic carbocycles. The fourth-order valence-electron chi connectivity index (χ4n) is 3.00. The van der Waals surface area contributed by atoms with E-state index in [4.69, 9.17) is 9.47 Å².